The number of ether oxygens (including phenoxy) is 3. The molecule has 0 N–H and O–H groups in total. The molecular weight excluding hydrogens is 306 g/mol. The summed E-state index contributed by atoms with van der Waals surface area (Å²) in [5, 5.41) is 0. The number of rotatable bonds is 7. The van der Waals surface area contributed by atoms with Crippen LogP contribution in [-0.2, 0) is 11.2 Å². The van der Waals surface area contributed by atoms with Gasteiger partial charge >= 0.3 is 0 Å². The minimum absolute atomic E-state index is 0.246. The Kier molecular flexibility index (Phi) is 6.76. The van der Waals surface area contributed by atoms with E-state index in [4.69, 9.17) is 14.2 Å². The largest absolute Gasteiger partial charge is 0.493 e. The highest BCUT2D eigenvalue weighted by atomic mass is 16.5. The van der Waals surface area contributed by atoms with Crippen molar-refractivity contribution in [2.24, 2.45) is 0 Å². The molecule has 1 atom stereocenters. The molecule has 0 aromatic heterocycles. The molecule has 2 rings (SSSR count). The van der Waals surface area contributed by atoms with Gasteiger partial charge in [0.2, 0.25) is 11.7 Å². The molecule has 1 aromatic carbocycles. The highest BCUT2D eigenvalue weighted by Gasteiger charge is 2.25. The Morgan fingerprint density at radius 2 is 1.79 bits per heavy atom. The van der Waals surface area contributed by atoms with Crippen molar-refractivity contribution in [3.8, 4) is 17.2 Å². The molecule has 134 valence electrons. The second-order valence-corrected chi connectivity index (χ2v) is 6.18. The lowest BCUT2D eigenvalue weighted by molar-refractivity contribution is -0.134. The van der Waals surface area contributed by atoms with E-state index in [9.17, 15) is 4.79 Å². The van der Waals surface area contributed by atoms with Crippen LogP contribution in [0.4, 0.5) is 0 Å². The number of carbonyl (C=O) groups excluding carboxylic acids is 1. The quantitative estimate of drug-likeness (QED) is 0.766. The Morgan fingerprint density at radius 1 is 1.12 bits per heavy atom. The Morgan fingerprint density at radius 3 is 2.33 bits per heavy atom. The van der Waals surface area contributed by atoms with E-state index in [-0.39, 0.29) is 5.91 Å². The number of likely N-dealkylation sites (tertiary alicyclic amines) is 1. The van der Waals surface area contributed by atoms with Gasteiger partial charge < -0.3 is 19.1 Å². The molecule has 1 aromatic rings. The number of benzene rings is 1. The normalized spacial score (nSPS) is 17.5. The van der Waals surface area contributed by atoms with E-state index < -0.39 is 0 Å². The molecule has 1 unspecified atom stereocenters. The molecule has 24 heavy (non-hydrogen) atoms. The van der Waals surface area contributed by atoms with Crippen LogP contribution in [0.25, 0.3) is 0 Å². The first-order chi connectivity index (χ1) is 11.6. The zero-order valence-corrected chi connectivity index (χ0v) is 15.3. The molecular formula is C19H29NO4. The highest BCUT2D eigenvalue weighted by molar-refractivity contribution is 5.77. The standard InChI is InChI=1S/C19H29NO4/c1-5-15-8-6-7-11-20(15)18(21)10-9-14-12-16(22-2)19(24-4)17(13-14)23-3/h12-13,15H,5-11H2,1-4H3. The molecule has 0 bridgehead atoms. The Bertz CT molecular complexity index is 533. The van der Waals surface area contributed by atoms with Gasteiger partial charge in [-0.1, -0.05) is 6.92 Å². The Labute approximate surface area is 144 Å². The molecule has 1 heterocycles. The van der Waals surface area contributed by atoms with Gasteiger partial charge in [-0.3, -0.25) is 4.79 Å². The van der Waals surface area contributed by atoms with Gasteiger partial charge in [0.05, 0.1) is 21.3 Å². The first-order valence-electron chi connectivity index (χ1n) is 8.72. The molecule has 5 heteroatoms. The van der Waals surface area contributed by atoms with Gasteiger partial charge in [-0.25, -0.2) is 0 Å². The fourth-order valence-electron chi connectivity index (χ4n) is 3.43. The molecule has 1 amide bonds. The van der Waals surface area contributed by atoms with Gasteiger partial charge in [0.15, 0.2) is 11.5 Å². The van der Waals surface area contributed by atoms with Gasteiger partial charge in [-0.15, -0.1) is 0 Å². The Hall–Kier alpha value is -1.91. The third-order valence-corrected chi connectivity index (χ3v) is 4.77. The van der Waals surface area contributed by atoms with Crippen LogP contribution in [0.3, 0.4) is 0 Å². The maximum absolute atomic E-state index is 12.6. The zero-order valence-electron chi connectivity index (χ0n) is 15.3. The van der Waals surface area contributed by atoms with Crippen molar-refractivity contribution < 1.29 is 19.0 Å². The number of nitrogens with zero attached hydrogens (tertiary/aromatic N) is 1. The SMILES string of the molecule is CCC1CCCCN1C(=O)CCc1cc(OC)c(OC)c(OC)c1. The summed E-state index contributed by atoms with van der Waals surface area (Å²) in [6.07, 6.45) is 5.70. The van der Waals surface area contributed by atoms with Gasteiger partial charge in [0, 0.05) is 19.0 Å². The summed E-state index contributed by atoms with van der Waals surface area (Å²) in [6.45, 7) is 3.06. The van der Waals surface area contributed by atoms with Crippen molar-refractivity contribution in [3.05, 3.63) is 17.7 Å². The van der Waals surface area contributed by atoms with Crippen LogP contribution in [0.15, 0.2) is 12.1 Å². The van der Waals surface area contributed by atoms with E-state index in [2.05, 4.69) is 11.8 Å². The van der Waals surface area contributed by atoms with E-state index in [0.29, 0.717) is 36.1 Å². The van der Waals surface area contributed by atoms with Crippen molar-refractivity contribution in [3.63, 3.8) is 0 Å². The second kappa shape index (κ2) is 8.81. The van der Waals surface area contributed by atoms with Gasteiger partial charge in [-0.05, 0) is 49.8 Å². The molecule has 1 saturated heterocycles. The molecule has 0 spiro atoms. The van der Waals surface area contributed by atoms with Gasteiger partial charge in [0.25, 0.3) is 0 Å². The highest BCUT2D eigenvalue weighted by Crippen LogP contribution is 2.38. The van der Waals surface area contributed by atoms with Crippen LogP contribution in [0.2, 0.25) is 0 Å². The maximum Gasteiger partial charge on any atom is 0.223 e. The first-order valence-corrected chi connectivity index (χ1v) is 8.72. The van der Waals surface area contributed by atoms with E-state index in [0.717, 1.165) is 31.4 Å². The van der Waals surface area contributed by atoms with Crippen molar-refractivity contribution in [2.45, 2.75) is 51.5 Å². The number of carbonyl (C=O) groups is 1. The minimum Gasteiger partial charge on any atom is -0.493 e. The van der Waals surface area contributed by atoms with Crippen molar-refractivity contribution in [1.29, 1.82) is 0 Å². The second-order valence-electron chi connectivity index (χ2n) is 6.18. The van der Waals surface area contributed by atoms with Crippen LogP contribution in [0.1, 0.15) is 44.6 Å². The first kappa shape index (κ1) is 18.4. The van der Waals surface area contributed by atoms with Crippen LogP contribution in [0, 0.1) is 0 Å². The van der Waals surface area contributed by atoms with Crippen molar-refractivity contribution in [1.82, 2.24) is 4.90 Å². The summed E-state index contributed by atoms with van der Waals surface area (Å²) < 4.78 is 16.1. The predicted octanol–water partition coefficient (Wildman–Crippen LogP) is 3.44. The molecule has 0 saturated carbocycles. The van der Waals surface area contributed by atoms with E-state index in [1.807, 2.05) is 12.1 Å². The average Bonchev–Trinajstić information content (AvgIpc) is 2.64. The monoisotopic (exact) mass is 335 g/mol. The summed E-state index contributed by atoms with van der Waals surface area (Å²) >= 11 is 0. The summed E-state index contributed by atoms with van der Waals surface area (Å²) in [5.41, 5.74) is 1.02. The molecule has 1 aliphatic rings. The Balaban J connectivity index is 2.06. The number of aryl methyl sites for hydroxylation is 1. The van der Waals surface area contributed by atoms with Crippen LogP contribution >= 0.6 is 0 Å². The predicted molar refractivity (Wildman–Crippen MR) is 94.1 cm³/mol. The fraction of sp³-hybridized carbons (Fsp3) is 0.632. The summed E-state index contributed by atoms with van der Waals surface area (Å²) in [5.74, 6) is 2.08. The molecule has 1 aliphatic heterocycles. The smallest absolute Gasteiger partial charge is 0.223 e. The molecule has 5 nitrogen and oxygen atoms in total. The average molecular weight is 335 g/mol. The van der Waals surface area contributed by atoms with Crippen molar-refractivity contribution in [2.75, 3.05) is 27.9 Å². The summed E-state index contributed by atoms with van der Waals surface area (Å²) in [4.78, 5) is 14.7. The van der Waals surface area contributed by atoms with Gasteiger partial charge in [-0.2, -0.15) is 0 Å². The zero-order chi connectivity index (χ0) is 17.5. The van der Waals surface area contributed by atoms with Gasteiger partial charge in [0.1, 0.15) is 0 Å². The number of hydrogen-bond acceptors (Lipinski definition) is 4. The number of piperidine rings is 1. The summed E-state index contributed by atoms with van der Waals surface area (Å²) in [6, 6.07) is 4.25. The van der Waals surface area contributed by atoms with E-state index in [1.165, 1.54) is 6.42 Å². The maximum atomic E-state index is 12.6. The summed E-state index contributed by atoms with van der Waals surface area (Å²) in [7, 11) is 4.79. The lowest BCUT2D eigenvalue weighted by atomic mass is 9.99. The van der Waals surface area contributed by atoms with Crippen LogP contribution in [0.5, 0.6) is 17.2 Å². The number of amides is 1. The lowest BCUT2D eigenvalue weighted by Gasteiger charge is -2.35. The third kappa shape index (κ3) is 4.13. The van der Waals surface area contributed by atoms with Crippen molar-refractivity contribution >= 4 is 5.91 Å². The van der Waals surface area contributed by atoms with Crippen LogP contribution < -0.4 is 14.2 Å². The van der Waals surface area contributed by atoms with Crippen LogP contribution in [-0.4, -0.2) is 44.7 Å². The van der Waals surface area contributed by atoms with E-state index in [1.54, 1.807) is 21.3 Å². The van der Waals surface area contributed by atoms with E-state index >= 15 is 0 Å². The number of methoxy groups -OCH3 is 3. The molecule has 0 radical (unpaired) electrons. The lowest BCUT2D eigenvalue weighted by Crippen LogP contribution is -2.43. The minimum atomic E-state index is 0.246. The topological polar surface area (TPSA) is 48.0 Å². The number of hydrogen-bond donors (Lipinski definition) is 0. The molecule has 1 fully saturated rings. The molecule has 0 aliphatic carbocycles. The third-order valence-electron chi connectivity index (χ3n) is 4.77. The fourth-order valence-corrected chi connectivity index (χ4v) is 3.43.